The van der Waals surface area contributed by atoms with E-state index in [1.54, 1.807) is 13.1 Å². The second-order valence-electron chi connectivity index (χ2n) is 6.69. The average molecular weight is 343 g/mol. The molecular formula is C17H25N7O. The highest BCUT2D eigenvalue weighted by Gasteiger charge is 2.32. The van der Waals surface area contributed by atoms with Crippen molar-refractivity contribution in [3.63, 3.8) is 0 Å². The van der Waals surface area contributed by atoms with Crippen LogP contribution in [0.5, 0.6) is 0 Å². The molecule has 8 nitrogen and oxygen atoms in total. The first-order chi connectivity index (χ1) is 11.8. The lowest BCUT2D eigenvalue weighted by atomic mass is 10.1. The third kappa shape index (κ3) is 3.68. The Morgan fingerprint density at radius 2 is 1.64 bits per heavy atom. The van der Waals surface area contributed by atoms with Crippen molar-refractivity contribution in [3.8, 4) is 0 Å². The minimum atomic E-state index is -0.674. The molecule has 1 saturated heterocycles. The summed E-state index contributed by atoms with van der Waals surface area (Å²) < 4.78 is 0. The van der Waals surface area contributed by atoms with E-state index in [1.165, 1.54) is 0 Å². The zero-order valence-corrected chi connectivity index (χ0v) is 15.4. The fourth-order valence-electron chi connectivity index (χ4n) is 3.36. The van der Waals surface area contributed by atoms with Gasteiger partial charge in [-0.05, 0) is 40.7 Å². The molecule has 1 fully saturated rings. The van der Waals surface area contributed by atoms with Crippen LogP contribution in [-0.4, -0.2) is 55.2 Å². The number of piperazine rings is 1. The van der Waals surface area contributed by atoms with E-state index in [2.05, 4.69) is 48.6 Å². The largest absolute Gasteiger partial charge is 0.385 e. The highest BCUT2D eigenvalue weighted by atomic mass is 16.3. The Labute approximate surface area is 148 Å². The normalized spacial score (nSPS) is 22.2. The number of hydrogen-bond donors (Lipinski definition) is 1. The quantitative estimate of drug-likeness (QED) is 0.895. The molecule has 0 amide bonds. The van der Waals surface area contributed by atoms with Crippen molar-refractivity contribution < 1.29 is 5.11 Å². The molecule has 0 aliphatic carbocycles. The lowest BCUT2D eigenvalue weighted by Crippen LogP contribution is -2.58. The predicted octanol–water partition coefficient (Wildman–Crippen LogP) is 1.44. The summed E-state index contributed by atoms with van der Waals surface area (Å²) in [5, 5.41) is 9.72. The molecule has 2 aromatic heterocycles. The van der Waals surface area contributed by atoms with E-state index in [9.17, 15) is 5.11 Å². The Morgan fingerprint density at radius 3 is 2.20 bits per heavy atom. The van der Waals surface area contributed by atoms with E-state index in [1.807, 2.05) is 19.9 Å². The zero-order chi connectivity index (χ0) is 18.1. The van der Waals surface area contributed by atoms with Crippen molar-refractivity contribution in [2.24, 2.45) is 0 Å². The lowest BCUT2D eigenvalue weighted by molar-refractivity contribution is 0.189. The van der Waals surface area contributed by atoms with Crippen LogP contribution in [-0.2, 0) is 0 Å². The maximum absolute atomic E-state index is 9.72. The van der Waals surface area contributed by atoms with E-state index >= 15 is 0 Å². The van der Waals surface area contributed by atoms with Gasteiger partial charge in [-0.15, -0.1) is 0 Å². The van der Waals surface area contributed by atoms with Crippen LogP contribution in [0, 0.1) is 13.8 Å². The monoisotopic (exact) mass is 343 g/mol. The molecule has 0 aromatic carbocycles. The zero-order valence-electron chi connectivity index (χ0n) is 15.4. The SMILES string of the molecule is Cc1nc(C)nc(N2C(C)CN(c3ccnc(C(C)O)n3)CC2C)n1. The molecular weight excluding hydrogens is 318 g/mol. The maximum Gasteiger partial charge on any atom is 0.229 e. The summed E-state index contributed by atoms with van der Waals surface area (Å²) in [7, 11) is 0. The number of aliphatic hydroxyl groups is 1. The summed E-state index contributed by atoms with van der Waals surface area (Å²) in [4.78, 5) is 26.4. The van der Waals surface area contributed by atoms with Crippen LogP contribution in [0.1, 0.15) is 44.3 Å². The van der Waals surface area contributed by atoms with E-state index < -0.39 is 6.10 Å². The summed E-state index contributed by atoms with van der Waals surface area (Å²) >= 11 is 0. The molecule has 25 heavy (non-hydrogen) atoms. The van der Waals surface area contributed by atoms with Gasteiger partial charge < -0.3 is 14.9 Å². The average Bonchev–Trinajstić information content (AvgIpc) is 2.53. The van der Waals surface area contributed by atoms with E-state index in [-0.39, 0.29) is 12.1 Å². The molecule has 0 bridgehead atoms. The fraction of sp³-hybridized carbons (Fsp3) is 0.588. The second-order valence-corrected chi connectivity index (χ2v) is 6.69. The Morgan fingerprint density at radius 1 is 1.04 bits per heavy atom. The van der Waals surface area contributed by atoms with Crippen molar-refractivity contribution in [3.05, 3.63) is 29.7 Å². The lowest BCUT2D eigenvalue weighted by Gasteiger charge is -2.45. The summed E-state index contributed by atoms with van der Waals surface area (Å²) in [6.07, 6.45) is 1.03. The second kappa shape index (κ2) is 6.87. The van der Waals surface area contributed by atoms with Crippen molar-refractivity contribution in [1.29, 1.82) is 0 Å². The van der Waals surface area contributed by atoms with Crippen LogP contribution in [0.2, 0.25) is 0 Å². The van der Waals surface area contributed by atoms with Gasteiger partial charge in [0.05, 0.1) is 0 Å². The van der Waals surface area contributed by atoms with Gasteiger partial charge in [-0.2, -0.15) is 9.97 Å². The molecule has 134 valence electrons. The molecule has 0 saturated carbocycles. The third-order valence-corrected chi connectivity index (χ3v) is 4.35. The van der Waals surface area contributed by atoms with Gasteiger partial charge in [0.1, 0.15) is 23.6 Å². The minimum absolute atomic E-state index is 0.218. The molecule has 3 unspecified atom stereocenters. The summed E-state index contributed by atoms with van der Waals surface area (Å²) in [6.45, 7) is 11.4. The Kier molecular flexibility index (Phi) is 4.80. The van der Waals surface area contributed by atoms with Crippen LogP contribution in [0.4, 0.5) is 11.8 Å². The van der Waals surface area contributed by atoms with Gasteiger partial charge in [-0.25, -0.2) is 15.0 Å². The molecule has 1 aliphatic heterocycles. The highest BCUT2D eigenvalue weighted by Crippen LogP contribution is 2.25. The van der Waals surface area contributed by atoms with Gasteiger partial charge in [0.2, 0.25) is 5.95 Å². The number of aromatic nitrogens is 5. The topological polar surface area (TPSA) is 91.2 Å². The van der Waals surface area contributed by atoms with Gasteiger partial charge in [0.15, 0.2) is 5.82 Å². The molecule has 1 aliphatic rings. The predicted molar refractivity (Wildman–Crippen MR) is 95.6 cm³/mol. The van der Waals surface area contributed by atoms with Crippen molar-refractivity contribution in [2.75, 3.05) is 22.9 Å². The smallest absolute Gasteiger partial charge is 0.229 e. The molecule has 3 rings (SSSR count). The number of hydrogen-bond acceptors (Lipinski definition) is 8. The summed E-state index contributed by atoms with van der Waals surface area (Å²) in [5.41, 5.74) is 0. The summed E-state index contributed by atoms with van der Waals surface area (Å²) in [5.74, 6) is 3.50. The number of nitrogens with zero attached hydrogens (tertiary/aromatic N) is 7. The standard InChI is InChI=1S/C17H25N7O/c1-10-8-23(15-6-7-18-16(22-15)12(3)25)9-11(2)24(10)17-20-13(4)19-14(5)21-17/h6-7,10-12,25H,8-9H2,1-5H3. The molecule has 0 spiro atoms. The number of anilines is 2. The van der Waals surface area contributed by atoms with Crippen LogP contribution >= 0.6 is 0 Å². The van der Waals surface area contributed by atoms with Gasteiger partial charge in [-0.1, -0.05) is 0 Å². The van der Waals surface area contributed by atoms with Crippen LogP contribution < -0.4 is 9.80 Å². The molecule has 1 N–H and O–H groups in total. The number of rotatable bonds is 3. The van der Waals surface area contributed by atoms with Gasteiger partial charge >= 0.3 is 0 Å². The van der Waals surface area contributed by atoms with Crippen molar-refractivity contribution >= 4 is 11.8 Å². The van der Waals surface area contributed by atoms with Gasteiger partial charge in [-0.3, -0.25) is 0 Å². The molecule has 3 heterocycles. The van der Waals surface area contributed by atoms with E-state index in [0.717, 1.165) is 36.5 Å². The Balaban J connectivity index is 1.83. The van der Waals surface area contributed by atoms with E-state index in [0.29, 0.717) is 5.82 Å². The first-order valence-electron chi connectivity index (χ1n) is 8.58. The third-order valence-electron chi connectivity index (χ3n) is 4.35. The summed E-state index contributed by atoms with van der Waals surface area (Å²) in [6, 6.07) is 2.32. The van der Waals surface area contributed by atoms with Crippen molar-refractivity contribution in [1.82, 2.24) is 24.9 Å². The van der Waals surface area contributed by atoms with E-state index in [4.69, 9.17) is 0 Å². The van der Waals surface area contributed by atoms with Crippen LogP contribution in [0.3, 0.4) is 0 Å². The molecule has 0 radical (unpaired) electrons. The molecule has 2 aromatic rings. The number of aliphatic hydroxyl groups excluding tert-OH is 1. The Bertz CT molecular complexity index is 719. The highest BCUT2D eigenvalue weighted by molar-refractivity contribution is 5.44. The van der Waals surface area contributed by atoms with Gasteiger partial charge in [0.25, 0.3) is 0 Å². The number of aryl methyl sites for hydroxylation is 2. The fourth-order valence-corrected chi connectivity index (χ4v) is 3.36. The molecule has 3 atom stereocenters. The van der Waals surface area contributed by atoms with Crippen LogP contribution in [0.25, 0.3) is 0 Å². The van der Waals surface area contributed by atoms with Crippen molar-refractivity contribution in [2.45, 2.75) is 52.8 Å². The first-order valence-corrected chi connectivity index (χ1v) is 8.58. The molecule has 8 heteroatoms. The van der Waals surface area contributed by atoms with Gasteiger partial charge in [0, 0.05) is 31.4 Å². The maximum atomic E-state index is 9.72. The first kappa shape index (κ1) is 17.5. The Hall–Kier alpha value is -2.35. The van der Waals surface area contributed by atoms with Crippen LogP contribution in [0.15, 0.2) is 12.3 Å². The minimum Gasteiger partial charge on any atom is -0.385 e.